The van der Waals surface area contributed by atoms with Gasteiger partial charge in [-0.1, -0.05) is 36.1 Å². The van der Waals surface area contributed by atoms with E-state index in [9.17, 15) is 5.11 Å². The van der Waals surface area contributed by atoms with Crippen molar-refractivity contribution in [2.75, 3.05) is 6.61 Å². The van der Waals surface area contributed by atoms with Crippen molar-refractivity contribution in [3.63, 3.8) is 0 Å². The normalized spacial score (nSPS) is 16.5. The maximum absolute atomic E-state index is 10.0. The number of fused-ring (bicyclic) bond motifs is 1. The largest absolute Gasteiger partial charge is 0.481 e. The maximum atomic E-state index is 10.0. The Morgan fingerprint density at radius 2 is 2.00 bits per heavy atom. The van der Waals surface area contributed by atoms with Gasteiger partial charge in [0.05, 0.1) is 6.10 Å². The highest BCUT2D eigenvalue weighted by molar-refractivity contribution is 5.39. The van der Waals surface area contributed by atoms with E-state index in [-0.39, 0.29) is 6.10 Å². The summed E-state index contributed by atoms with van der Waals surface area (Å²) in [5.74, 6) is 6.84. The molecule has 2 heteroatoms. The molecule has 1 atom stereocenters. The van der Waals surface area contributed by atoms with E-state index in [0.29, 0.717) is 6.61 Å². The number of aliphatic hydroxyl groups is 1. The topological polar surface area (TPSA) is 29.5 Å². The lowest BCUT2D eigenvalue weighted by Crippen LogP contribution is -2.09. The van der Waals surface area contributed by atoms with E-state index in [1.165, 1.54) is 5.56 Å². The molecule has 1 aliphatic carbocycles. The summed E-state index contributed by atoms with van der Waals surface area (Å²) in [5, 5.41) is 10.0. The number of aryl methyl sites for hydroxylation is 1. The highest BCUT2D eigenvalue weighted by Gasteiger charge is 2.18. The molecular formula is C19H18O2. The van der Waals surface area contributed by atoms with E-state index in [4.69, 9.17) is 4.74 Å². The molecule has 0 saturated heterocycles. The number of benzene rings is 2. The van der Waals surface area contributed by atoms with Gasteiger partial charge in [0, 0.05) is 5.56 Å². The Labute approximate surface area is 125 Å². The van der Waals surface area contributed by atoms with Gasteiger partial charge in [-0.05, 0) is 54.7 Å². The number of hydrogen-bond donors (Lipinski definition) is 1. The molecule has 3 rings (SSSR count). The molecule has 1 N–H and O–H groups in total. The van der Waals surface area contributed by atoms with Crippen molar-refractivity contribution in [3.05, 3.63) is 65.2 Å². The third kappa shape index (κ3) is 3.45. The van der Waals surface area contributed by atoms with Crippen LogP contribution in [0.4, 0.5) is 0 Å². The summed E-state index contributed by atoms with van der Waals surface area (Å²) >= 11 is 0. The lowest BCUT2D eigenvalue weighted by Gasteiger charge is -2.21. The monoisotopic (exact) mass is 278 g/mol. The second kappa shape index (κ2) is 6.47. The molecule has 0 bridgehead atoms. The van der Waals surface area contributed by atoms with Gasteiger partial charge in [0.25, 0.3) is 0 Å². The average molecular weight is 278 g/mol. The van der Waals surface area contributed by atoms with Crippen LogP contribution in [0.25, 0.3) is 0 Å². The van der Waals surface area contributed by atoms with Gasteiger partial charge in [0.1, 0.15) is 12.4 Å². The highest BCUT2D eigenvalue weighted by atomic mass is 16.5. The third-order valence-corrected chi connectivity index (χ3v) is 3.72. The lowest BCUT2D eigenvalue weighted by atomic mass is 9.89. The maximum Gasteiger partial charge on any atom is 0.149 e. The van der Waals surface area contributed by atoms with E-state index >= 15 is 0 Å². The predicted molar refractivity (Wildman–Crippen MR) is 83.2 cm³/mol. The number of aliphatic hydroxyl groups excluding tert-OH is 1. The summed E-state index contributed by atoms with van der Waals surface area (Å²) in [6.45, 7) is 0.351. The average Bonchev–Trinajstić information content (AvgIpc) is 2.53. The standard InChI is InChI=1S/C19H18O2/c20-19-10-4-9-16-11-12-17(14-18(16)19)21-13-5-8-15-6-2-1-3-7-15/h1-3,6-7,11-12,14,19-20H,4,9-10,13H2. The molecule has 0 radical (unpaired) electrons. The Balaban J connectivity index is 1.64. The summed E-state index contributed by atoms with van der Waals surface area (Å²) < 4.78 is 5.66. The van der Waals surface area contributed by atoms with Crippen LogP contribution in [-0.4, -0.2) is 11.7 Å². The fourth-order valence-corrected chi connectivity index (χ4v) is 2.62. The SMILES string of the molecule is OC1CCCc2ccc(OCC#Cc3ccccc3)cc21. The molecule has 0 heterocycles. The zero-order chi connectivity index (χ0) is 14.5. The zero-order valence-electron chi connectivity index (χ0n) is 11.9. The molecule has 1 unspecified atom stereocenters. The molecule has 0 spiro atoms. The molecule has 0 amide bonds. The first kappa shape index (κ1) is 13.7. The Morgan fingerprint density at radius 1 is 1.14 bits per heavy atom. The van der Waals surface area contributed by atoms with Crippen LogP contribution >= 0.6 is 0 Å². The summed E-state index contributed by atoms with van der Waals surface area (Å²) in [7, 11) is 0. The first-order valence-electron chi connectivity index (χ1n) is 7.30. The van der Waals surface area contributed by atoms with Gasteiger partial charge in [-0.2, -0.15) is 0 Å². The lowest BCUT2D eigenvalue weighted by molar-refractivity contribution is 0.156. The third-order valence-electron chi connectivity index (χ3n) is 3.72. The molecule has 0 fully saturated rings. The zero-order valence-corrected chi connectivity index (χ0v) is 11.9. The Kier molecular flexibility index (Phi) is 4.23. The van der Waals surface area contributed by atoms with Crippen molar-refractivity contribution in [3.8, 4) is 17.6 Å². The van der Waals surface area contributed by atoms with Crippen molar-refractivity contribution in [1.29, 1.82) is 0 Å². The van der Waals surface area contributed by atoms with E-state index in [2.05, 4.69) is 17.9 Å². The quantitative estimate of drug-likeness (QED) is 0.852. The highest BCUT2D eigenvalue weighted by Crippen LogP contribution is 2.32. The predicted octanol–water partition coefficient (Wildman–Crippen LogP) is 3.49. The molecule has 2 nitrogen and oxygen atoms in total. The van der Waals surface area contributed by atoms with Crippen LogP contribution in [0, 0.1) is 11.8 Å². The van der Waals surface area contributed by atoms with Gasteiger partial charge in [-0.15, -0.1) is 0 Å². The fraction of sp³-hybridized carbons (Fsp3) is 0.263. The van der Waals surface area contributed by atoms with Crippen LogP contribution in [0.15, 0.2) is 48.5 Å². The second-order valence-electron chi connectivity index (χ2n) is 5.23. The van der Waals surface area contributed by atoms with Gasteiger partial charge < -0.3 is 9.84 Å². The molecule has 1 aliphatic rings. The summed E-state index contributed by atoms with van der Waals surface area (Å²) in [5.41, 5.74) is 3.23. The van der Waals surface area contributed by atoms with Gasteiger partial charge in [-0.3, -0.25) is 0 Å². The Morgan fingerprint density at radius 3 is 2.86 bits per heavy atom. The fourth-order valence-electron chi connectivity index (χ4n) is 2.62. The van der Waals surface area contributed by atoms with Crippen LogP contribution in [-0.2, 0) is 6.42 Å². The number of hydrogen-bond acceptors (Lipinski definition) is 2. The van der Waals surface area contributed by atoms with Gasteiger partial charge in [0.15, 0.2) is 0 Å². The van der Waals surface area contributed by atoms with Crippen molar-refractivity contribution >= 4 is 0 Å². The van der Waals surface area contributed by atoms with Gasteiger partial charge in [0.2, 0.25) is 0 Å². The van der Waals surface area contributed by atoms with Crippen molar-refractivity contribution in [2.45, 2.75) is 25.4 Å². The minimum Gasteiger partial charge on any atom is -0.481 e. The Hall–Kier alpha value is -2.24. The van der Waals surface area contributed by atoms with Crippen molar-refractivity contribution in [2.24, 2.45) is 0 Å². The molecule has 0 saturated carbocycles. The van der Waals surface area contributed by atoms with Crippen molar-refractivity contribution < 1.29 is 9.84 Å². The smallest absolute Gasteiger partial charge is 0.149 e. The molecule has 21 heavy (non-hydrogen) atoms. The van der Waals surface area contributed by atoms with Crippen LogP contribution in [0.1, 0.15) is 35.6 Å². The van der Waals surface area contributed by atoms with E-state index in [0.717, 1.165) is 36.1 Å². The molecule has 0 aliphatic heterocycles. The van der Waals surface area contributed by atoms with Crippen molar-refractivity contribution in [1.82, 2.24) is 0 Å². The molecule has 0 aromatic heterocycles. The minimum absolute atomic E-state index is 0.351. The summed E-state index contributed by atoms with van der Waals surface area (Å²) in [4.78, 5) is 0. The summed E-state index contributed by atoms with van der Waals surface area (Å²) in [6.07, 6.45) is 2.58. The number of ether oxygens (including phenoxy) is 1. The van der Waals surface area contributed by atoms with E-state index < -0.39 is 0 Å². The Bertz CT molecular complexity index is 665. The number of rotatable bonds is 2. The van der Waals surface area contributed by atoms with Crippen LogP contribution in [0.3, 0.4) is 0 Å². The second-order valence-corrected chi connectivity index (χ2v) is 5.23. The molecule has 106 valence electrons. The first-order valence-corrected chi connectivity index (χ1v) is 7.30. The van der Waals surface area contributed by atoms with E-state index in [1.54, 1.807) is 0 Å². The van der Waals surface area contributed by atoms with Crippen LogP contribution in [0.2, 0.25) is 0 Å². The minimum atomic E-state index is -0.354. The van der Waals surface area contributed by atoms with Crippen LogP contribution in [0.5, 0.6) is 5.75 Å². The van der Waals surface area contributed by atoms with Gasteiger partial charge in [-0.25, -0.2) is 0 Å². The van der Waals surface area contributed by atoms with Crippen LogP contribution < -0.4 is 4.74 Å². The summed E-state index contributed by atoms with van der Waals surface area (Å²) in [6, 6.07) is 15.8. The molecular weight excluding hydrogens is 260 g/mol. The van der Waals surface area contributed by atoms with E-state index in [1.807, 2.05) is 42.5 Å². The van der Waals surface area contributed by atoms with Gasteiger partial charge >= 0.3 is 0 Å². The molecule has 2 aromatic carbocycles. The first-order chi connectivity index (χ1) is 10.3. The molecule has 2 aromatic rings.